The second-order valence-corrected chi connectivity index (χ2v) is 11.3. The zero-order chi connectivity index (χ0) is 32.0. The summed E-state index contributed by atoms with van der Waals surface area (Å²) >= 11 is 18.4. The highest BCUT2D eigenvalue weighted by molar-refractivity contribution is 6.32. The van der Waals surface area contributed by atoms with Crippen LogP contribution in [-0.2, 0) is 18.9 Å². The van der Waals surface area contributed by atoms with Crippen LogP contribution in [-0.4, -0.2) is 54.6 Å². The van der Waals surface area contributed by atoms with Crippen LogP contribution in [0.25, 0.3) is 0 Å². The van der Waals surface area contributed by atoms with Crippen molar-refractivity contribution in [2.45, 2.75) is 51.8 Å². The summed E-state index contributed by atoms with van der Waals surface area (Å²) in [5, 5.41) is 19.7. The third-order valence-electron chi connectivity index (χ3n) is 6.63. The minimum atomic E-state index is -1.74. The molecule has 0 bridgehead atoms. The van der Waals surface area contributed by atoms with E-state index in [9.17, 15) is 19.5 Å². The lowest BCUT2D eigenvalue weighted by atomic mass is 10.0. The predicted molar refractivity (Wildman–Crippen MR) is 167 cm³/mol. The fraction of sp³-hybridized carbons (Fsp3) is 0.300. The molecule has 0 unspecified atom stereocenters. The van der Waals surface area contributed by atoms with Gasteiger partial charge in [-0.1, -0.05) is 53.0 Å². The van der Waals surface area contributed by atoms with Gasteiger partial charge in [0.15, 0.2) is 12.4 Å². The summed E-state index contributed by atoms with van der Waals surface area (Å²) in [5.74, 6) is 0. The summed E-state index contributed by atoms with van der Waals surface area (Å²) in [6, 6.07) is 14.7. The number of aryl methyl sites for hydroxylation is 3. The van der Waals surface area contributed by atoms with Crippen LogP contribution in [0.5, 0.6) is 0 Å². The van der Waals surface area contributed by atoms with Crippen molar-refractivity contribution >= 4 is 70.1 Å². The molecule has 14 heteroatoms. The van der Waals surface area contributed by atoms with Crippen LogP contribution >= 0.6 is 34.8 Å². The minimum Gasteiger partial charge on any atom is -0.447 e. The molecular weight excluding hydrogens is 637 g/mol. The monoisotopic (exact) mass is 665 g/mol. The average Bonchev–Trinajstić information content (AvgIpc) is 2.95. The number of ether oxygens (including phenoxy) is 4. The zero-order valence-electron chi connectivity index (χ0n) is 23.9. The fourth-order valence-corrected chi connectivity index (χ4v) is 4.70. The number of amides is 3. The number of carbonyl (C=O) groups excluding carboxylic acids is 3. The Morgan fingerprint density at radius 1 is 0.750 bits per heavy atom. The number of nitrogens with one attached hydrogen (secondary N) is 3. The van der Waals surface area contributed by atoms with E-state index in [0.717, 1.165) is 16.7 Å². The molecule has 11 nitrogen and oxygen atoms in total. The van der Waals surface area contributed by atoms with E-state index in [1.165, 1.54) is 6.07 Å². The molecule has 1 fully saturated rings. The third kappa shape index (κ3) is 9.13. The first-order valence-corrected chi connectivity index (χ1v) is 14.5. The smallest absolute Gasteiger partial charge is 0.412 e. The van der Waals surface area contributed by atoms with Crippen molar-refractivity contribution in [3.63, 3.8) is 0 Å². The molecule has 1 saturated heterocycles. The van der Waals surface area contributed by atoms with Gasteiger partial charge in [-0.25, -0.2) is 14.4 Å². The maximum atomic E-state index is 12.8. The normalized spacial score (nSPS) is 19.4. The van der Waals surface area contributed by atoms with Crippen molar-refractivity contribution < 1.29 is 38.4 Å². The van der Waals surface area contributed by atoms with Crippen molar-refractivity contribution in [2.75, 3.05) is 22.6 Å². The molecule has 0 radical (unpaired) electrons. The molecule has 44 heavy (non-hydrogen) atoms. The Morgan fingerprint density at radius 2 is 1.18 bits per heavy atom. The molecule has 234 valence electrons. The van der Waals surface area contributed by atoms with Crippen molar-refractivity contribution in [3.05, 3.63) is 86.4 Å². The van der Waals surface area contributed by atoms with E-state index in [1.807, 2.05) is 13.8 Å². The second-order valence-electron chi connectivity index (χ2n) is 10.1. The van der Waals surface area contributed by atoms with E-state index in [2.05, 4.69) is 16.0 Å². The summed E-state index contributed by atoms with van der Waals surface area (Å²) < 4.78 is 21.8. The predicted octanol–water partition coefficient (Wildman–Crippen LogP) is 7.46. The maximum absolute atomic E-state index is 12.8. The molecule has 0 saturated carbocycles. The standard InChI is InChI=1S/C30H30Cl3N3O8/c1-15-4-7-18(10-22(15)31)34-28(38)41-14-21-13-25(43-29(39)35-19-8-5-16(2)23(32)11-19)26(27(37)42-21)44-30(40)36-20-9-6-17(3)24(33)12-20/h4-12,21,25-27,37H,13-14H2,1-3H3,(H,34,38)(H,35,39)(H,36,40)/t21-,25+,26+,27+/m0/s1. The number of hydrogen-bond donors (Lipinski definition) is 4. The van der Waals surface area contributed by atoms with Gasteiger partial charge in [0, 0.05) is 38.6 Å². The Bertz CT molecular complexity index is 1540. The van der Waals surface area contributed by atoms with E-state index < -0.39 is 42.9 Å². The quantitative estimate of drug-likeness (QED) is 0.190. The average molecular weight is 667 g/mol. The Balaban J connectivity index is 1.42. The molecule has 3 aromatic rings. The van der Waals surface area contributed by atoms with Gasteiger partial charge in [0.05, 0.1) is 6.10 Å². The number of rotatable bonds is 7. The number of aliphatic hydroxyl groups is 1. The first-order chi connectivity index (χ1) is 20.9. The molecule has 1 aliphatic rings. The number of halogens is 3. The van der Waals surface area contributed by atoms with E-state index in [-0.39, 0.29) is 13.0 Å². The van der Waals surface area contributed by atoms with Crippen molar-refractivity contribution in [1.82, 2.24) is 0 Å². The first-order valence-electron chi connectivity index (χ1n) is 13.4. The molecule has 0 aliphatic carbocycles. The molecule has 0 aromatic heterocycles. The Morgan fingerprint density at radius 3 is 1.64 bits per heavy atom. The summed E-state index contributed by atoms with van der Waals surface area (Å²) in [4.78, 5) is 37.9. The van der Waals surface area contributed by atoms with Crippen LogP contribution < -0.4 is 16.0 Å². The largest absolute Gasteiger partial charge is 0.447 e. The van der Waals surface area contributed by atoms with Crippen molar-refractivity contribution in [2.24, 2.45) is 0 Å². The lowest BCUT2D eigenvalue weighted by molar-refractivity contribution is -0.248. The summed E-state index contributed by atoms with van der Waals surface area (Å²) in [6.45, 7) is 5.12. The lowest BCUT2D eigenvalue weighted by Gasteiger charge is -2.38. The lowest BCUT2D eigenvalue weighted by Crippen LogP contribution is -2.53. The van der Waals surface area contributed by atoms with Crippen LogP contribution in [0.1, 0.15) is 23.1 Å². The van der Waals surface area contributed by atoms with Crippen LogP contribution in [0.3, 0.4) is 0 Å². The number of anilines is 3. The summed E-state index contributed by atoms with van der Waals surface area (Å²) in [7, 11) is 0. The third-order valence-corrected chi connectivity index (χ3v) is 7.85. The van der Waals surface area contributed by atoms with Gasteiger partial charge in [0.1, 0.15) is 12.7 Å². The first kappa shape index (κ1) is 33.2. The van der Waals surface area contributed by atoms with E-state index in [4.69, 9.17) is 53.8 Å². The van der Waals surface area contributed by atoms with Gasteiger partial charge in [0.2, 0.25) is 0 Å². The molecule has 0 spiro atoms. The van der Waals surface area contributed by atoms with Gasteiger partial charge >= 0.3 is 18.3 Å². The topological polar surface area (TPSA) is 144 Å². The second kappa shape index (κ2) is 14.8. The van der Waals surface area contributed by atoms with E-state index >= 15 is 0 Å². The molecular formula is C30H30Cl3N3O8. The molecule has 4 N–H and O–H groups in total. The van der Waals surface area contributed by atoms with E-state index in [0.29, 0.717) is 32.1 Å². The van der Waals surface area contributed by atoms with Gasteiger partial charge in [-0.05, 0) is 73.9 Å². The van der Waals surface area contributed by atoms with Crippen LogP contribution in [0.2, 0.25) is 15.1 Å². The zero-order valence-corrected chi connectivity index (χ0v) is 26.1. The summed E-state index contributed by atoms with van der Waals surface area (Å²) in [6.07, 6.45) is -8.08. The van der Waals surface area contributed by atoms with Crippen LogP contribution in [0.4, 0.5) is 31.4 Å². The Kier molecular flexibility index (Phi) is 11.2. The SMILES string of the molecule is Cc1ccc(NC(=O)OC[C@@H]2C[C@@H](OC(=O)Nc3ccc(C)c(Cl)c3)[C@@H](OC(=O)Nc3ccc(C)c(Cl)c3)[C@H](O)O2)cc1Cl. The van der Waals surface area contributed by atoms with Gasteiger partial charge in [-0.15, -0.1) is 0 Å². The highest BCUT2D eigenvalue weighted by Gasteiger charge is 2.43. The Labute approximate surface area is 268 Å². The van der Waals surface area contributed by atoms with E-state index in [1.54, 1.807) is 55.5 Å². The van der Waals surface area contributed by atoms with Gasteiger partial charge in [-0.3, -0.25) is 16.0 Å². The Hall–Kier alpha value is -3.74. The molecule has 4 rings (SSSR count). The van der Waals surface area contributed by atoms with Crippen LogP contribution in [0.15, 0.2) is 54.6 Å². The minimum absolute atomic E-state index is 0.100. The molecule has 4 atom stereocenters. The number of hydrogen-bond acceptors (Lipinski definition) is 8. The van der Waals surface area contributed by atoms with Crippen LogP contribution in [0, 0.1) is 20.8 Å². The van der Waals surface area contributed by atoms with Crippen molar-refractivity contribution in [1.29, 1.82) is 0 Å². The van der Waals surface area contributed by atoms with Gasteiger partial charge in [0.25, 0.3) is 0 Å². The molecule has 3 aromatic carbocycles. The maximum Gasteiger partial charge on any atom is 0.412 e. The summed E-state index contributed by atoms with van der Waals surface area (Å²) in [5.41, 5.74) is 3.57. The van der Waals surface area contributed by atoms with Crippen molar-refractivity contribution in [3.8, 4) is 0 Å². The number of benzene rings is 3. The van der Waals surface area contributed by atoms with Gasteiger partial charge < -0.3 is 24.1 Å². The van der Waals surface area contributed by atoms with Gasteiger partial charge in [-0.2, -0.15) is 0 Å². The highest BCUT2D eigenvalue weighted by Crippen LogP contribution is 2.27. The number of carbonyl (C=O) groups is 3. The highest BCUT2D eigenvalue weighted by atomic mass is 35.5. The number of aliphatic hydroxyl groups excluding tert-OH is 1. The molecule has 3 amide bonds. The molecule has 1 heterocycles. The fourth-order valence-electron chi connectivity index (χ4n) is 4.15. The molecule has 1 aliphatic heterocycles.